The van der Waals surface area contributed by atoms with E-state index >= 15 is 0 Å². The van der Waals surface area contributed by atoms with E-state index in [2.05, 4.69) is 27.4 Å². The molecule has 1 saturated heterocycles. The van der Waals surface area contributed by atoms with E-state index in [9.17, 15) is 14.0 Å². The molecule has 0 saturated carbocycles. The fraction of sp³-hybridized carbons (Fsp3) is 0.179. The third kappa shape index (κ3) is 5.18. The number of piperazine rings is 1. The van der Waals surface area contributed by atoms with Crippen molar-refractivity contribution in [2.75, 3.05) is 31.5 Å². The summed E-state index contributed by atoms with van der Waals surface area (Å²) in [5.41, 5.74) is 2.38. The quantitative estimate of drug-likeness (QED) is 0.446. The SMILES string of the molecule is O=C(Nc1c(C(=O)N2CCN(Cc3ccccc3)CC2)cnn1-c1ccccc1)c1cccc(F)c1. The molecule has 36 heavy (non-hydrogen) atoms. The first-order valence-corrected chi connectivity index (χ1v) is 11.8. The number of anilines is 1. The van der Waals surface area contributed by atoms with Crippen LogP contribution in [0.4, 0.5) is 10.2 Å². The monoisotopic (exact) mass is 483 g/mol. The van der Waals surface area contributed by atoms with Gasteiger partial charge in [0.25, 0.3) is 11.8 Å². The summed E-state index contributed by atoms with van der Waals surface area (Å²) in [6, 6.07) is 24.9. The number of carbonyl (C=O) groups is 2. The highest BCUT2D eigenvalue weighted by atomic mass is 19.1. The third-order valence-electron chi connectivity index (χ3n) is 6.23. The summed E-state index contributed by atoms with van der Waals surface area (Å²) in [6.07, 6.45) is 1.48. The molecule has 1 fully saturated rings. The molecule has 0 radical (unpaired) electrons. The molecule has 4 aromatic rings. The van der Waals surface area contributed by atoms with E-state index in [0.29, 0.717) is 24.3 Å². The van der Waals surface area contributed by atoms with Gasteiger partial charge in [0.05, 0.1) is 11.9 Å². The van der Waals surface area contributed by atoms with Crippen molar-refractivity contribution in [3.63, 3.8) is 0 Å². The van der Waals surface area contributed by atoms with Gasteiger partial charge in [-0.05, 0) is 35.9 Å². The minimum Gasteiger partial charge on any atom is -0.336 e. The number of hydrogen-bond donors (Lipinski definition) is 1. The summed E-state index contributed by atoms with van der Waals surface area (Å²) < 4.78 is 15.2. The van der Waals surface area contributed by atoms with Crippen molar-refractivity contribution >= 4 is 17.6 Å². The van der Waals surface area contributed by atoms with Crippen LogP contribution in [0.25, 0.3) is 5.69 Å². The summed E-state index contributed by atoms with van der Waals surface area (Å²) >= 11 is 0. The van der Waals surface area contributed by atoms with Crippen LogP contribution in [0.2, 0.25) is 0 Å². The van der Waals surface area contributed by atoms with Crippen LogP contribution in [0.15, 0.2) is 91.1 Å². The Labute approximate surface area is 208 Å². The van der Waals surface area contributed by atoms with Gasteiger partial charge >= 0.3 is 0 Å². The van der Waals surface area contributed by atoms with Crippen LogP contribution in [0.5, 0.6) is 0 Å². The average molecular weight is 484 g/mol. The molecule has 0 unspecified atom stereocenters. The van der Waals surface area contributed by atoms with Crippen LogP contribution in [0.3, 0.4) is 0 Å². The molecule has 5 rings (SSSR count). The first-order chi connectivity index (χ1) is 17.6. The maximum absolute atomic E-state index is 13.7. The topological polar surface area (TPSA) is 70.5 Å². The Balaban J connectivity index is 1.36. The Morgan fingerprint density at radius 1 is 0.861 bits per heavy atom. The number of hydrogen-bond acceptors (Lipinski definition) is 4. The molecular weight excluding hydrogens is 457 g/mol. The lowest BCUT2D eigenvalue weighted by molar-refractivity contribution is 0.0629. The number of benzene rings is 3. The summed E-state index contributed by atoms with van der Waals surface area (Å²) in [7, 11) is 0. The Morgan fingerprint density at radius 2 is 1.56 bits per heavy atom. The zero-order chi connectivity index (χ0) is 24.9. The number of carbonyl (C=O) groups excluding carboxylic acids is 2. The van der Waals surface area contributed by atoms with Crippen LogP contribution >= 0.6 is 0 Å². The summed E-state index contributed by atoms with van der Waals surface area (Å²) in [5.74, 6) is -0.976. The normalized spacial score (nSPS) is 14.0. The average Bonchev–Trinajstić information content (AvgIpc) is 3.33. The minimum atomic E-state index is -0.520. The lowest BCUT2D eigenvalue weighted by Gasteiger charge is -2.34. The second kappa shape index (κ2) is 10.5. The fourth-order valence-electron chi connectivity index (χ4n) is 4.32. The number of halogens is 1. The number of nitrogens with zero attached hydrogens (tertiary/aromatic N) is 4. The Bertz CT molecular complexity index is 1350. The molecule has 1 N–H and O–H groups in total. The van der Waals surface area contributed by atoms with Crippen LogP contribution in [0.1, 0.15) is 26.3 Å². The largest absolute Gasteiger partial charge is 0.336 e. The van der Waals surface area contributed by atoms with Crippen LogP contribution in [-0.2, 0) is 6.54 Å². The van der Waals surface area contributed by atoms with Gasteiger partial charge in [0, 0.05) is 38.3 Å². The van der Waals surface area contributed by atoms with Crippen molar-refractivity contribution in [1.82, 2.24) is 19.6 Å². The molecule has 0 atom stereocenters. The molecule has 182 valence electrons. The highest BCUT2D eigenvalue weighted by Crippen LogP contribution is 2.24. The van der Waals surface area contributed by atoms with Gasteiger partial charge in [0.1, 0.15) is 17.2 Å². The summed E-state index contributed by atoms with van der Waals surface area (Å²) in [5, 5.41) is 7.21. The molecule has 3 aromatic carbocycles. The van der Waals surface area contributed by atoms with Gasteiger partial charge in [-0.2, -0.15) is 5.10 Å². The molecule has 0 aliphatic carbocycles. The van der Waals surface area contributed by atoms with E-state index in [1.807, 2.05) is 48.5 Å². The molecule has 2 heterocycles. The van der Waals surface area contributed by atoms with Gasteiger partial charge in [0.2, 0.25) is 0 Å². The molecule has 1 aromatic heterocycles. The summed E-state index contributed by atoms with van der Waals surface area (Å²) in [4.78, 5) is 30.6. The molecule has 2 amide bonds. The first kappa shape index (κ1) is 23.4. The standard InChI is InChI=1S/C28H26FN5O2/c29-23-11-7-10-22(18-23)27(35)31-26-25(19-30-34(26)24-12-5-2-6-13-24)28(36)33-16-14-32(15-17-33)20-21-8-3-1-4-9-21/h1-13,18-19H,14-17,20H2,(H,31,35). The van der Waals surface area contributed by atoms with Gasteiger partial charge in [-0.3, -0.25) is 14.5 Å². The lowest BCUT2D eigenvalue weighted by Crippen LogP contribution is -2.48. The van der Waals surface area contributed by atoms with E-state index < -0.39 is 11.7 Å². The van der Waals surface area contributed by atoms with E-state index in [1.54, 1.807) is 4.90 Å². The predicted octanol–water partition coefficient (Wildman–Crippen LogP) is 4.22. The second-order valence-corrected chi connectivity index (χ2v) is 8.67. The van der Waals surface area contributed by atoms with Gasteiger partial charge in [0.15, 0.2) is 0 Å². The molecule has 0 spiro atoms. The zero-order valence-corrected chi connectivity index (χ0v) is 19.7. The third-order valence-corrected chi connectivity index (χ3v) is 6.23. The van der Waals surface area contributed by atoms with E-state index in [4.69, 9.17) is 0 Å². The highest BCUT2D eigenvalue weighted by molar-refractivity contribution is 6.08. The Kier molecular flexibility index (Phi) is 6.86. The number of nitrogens with one attached hydrogen (secondary N) is 1. The van der Waals surface area contributed by atoms with Gasteiger partial charge in [-0.15, -0.1) is 0 Å². The van der Waals surface area contributed by atoms with Gasteiger partial charge in [-0.1, -0.05) is 54.6 Å². The molecule has 0 bridgehead atoms. The van der Waals surface area contributed by atoms with Crippen molar-refractivity contribution in [3.8, 4) is 5.69 Å². The fourth-order valence-corrected chi connectivity index (χ4v) is 4.32. The molecule has 8 heteroatoms. The van der Waals surface area contributed by atoms with Crippen LogP contribution in [0, 0.1) is 5.82 Å². The van der Waals surface area contributed by atoms with Crippen molar-refractivity contribution in [2.24, 2.45) is 0 Å². The first-order valence-electron chi connectivity index (χ1n) is 11.8. The van der Waals surface area contributed by atoms with Crippen molar-refractivity contribution in [3.05, 3.63) is 114 Å². The lowest BCUT2D eigenvalue weighted by atomic mass is 10.1. The van der Waals surface area contributed by atoms with Crippen molar-refractivity contribution in [2.45, 2.75) is 6.54 Å². The molecule has 7 nitrogen and oxygen atoms in total. The zero-order valence-electron chi connectivity index (χ0n) is 19.7. The minimum absolute atomic E-state index is 0.156. The maximum Gasteiger partial charge on any atom is 0.259 e. The number of aromatic nitrogens is 2. The molecule has 1 aliphatic heterocycles. The molecule has 1 aliphatic rings. The Morgan fingerprint density at radius 3 is 2.25 bits per heavy atom. The molecular formula is C28H26FN5O2. The van der Waals surface area contributed by atoms with E-state index in [0.717, 1.165) is 25.7 Å². The van der Waals surface area contributed by atoms with Crippen LogP contribution in [-0.4, -0.2) is 57.6 Å². The van der Waals surface area contributed by atoms with Crippen molar-refractivity contribution in [1.29, 1.82) is 0 Å². The summed E-state index contributed by atoms with van der Waals surface area (Å²) in [6.45, 7) is 3.47. The predicted molar refractivity (Wildman–Crippen MR) is 136 cm³/mol. The van der Waals surface area contributed by atoms with Crippen LogP contribution < -0.4 is 5.32 Å². The smallest absolute Gasteiger partial charge is 0.259 e. The maximum atomic E-state index is 13.7. The number of amides is 2. The second-order valence-electron chi connectivity index (χ2n) is 8.67. The van der Waals surface area contributed by atoms with E-state index in [-0.39, 0.29) is 17.3 Å². The highest BCUT2D eigenvalue weighted by Gasteiger charge is 2.27. The van der Waals surface area contributed by atoms with Gasteiger partial charge < -0.3 is 10.2 Å². The number of rotatable bonds is 6. The van der Waals surface area contributed by atoms with E-state index in [1.165, 1.54) is 34.6 Å². The van der Waals surface area contributed by atoms with Crippen molar-refractivity contribution < 1.29 is 14.0 Å². The van der Waals surface area contributed by atoms with Gasteiger partial charge in [-0.25, -0.2) is 9.07 Å². The number of para-hydroxylation sites is 1. The Hall–Kier alpha value is -4.30.